The van der Waals surface area contributed by atoms with Crippen LogP contribution in [-0.4, -0.2) is 5.11 Å². The Bertz CT molecular complexity index is 452. The summed E-state index contributed by atoms with van der Waals surface area (Å²) in [5.41, 5.74) is 0. The van der Waals surface area contributed by atoms with E-state index in [0.29, 0.717) is 5.75 Å². The van der Waals surface area contributed by atoms with Crippen molar-refractivity contribution in [1.82, 2.24) is 0 Å². The van der Waals surface area contributed by atoms with Crippen molar-refractivity contribution in [2.24, 2.45) is 0 Å². The molecule has 1 nitrogen and oxygen atoms in total. The Balaban J connectivity index is 2.76. The third-order valence-electron chi connectivity index (χ3n) is 1.82. The SMILES string of the molecule is Oc1c(CBr)sc2cc(I)ccc12. The normalized spacial score (nSPS) is 10.9. The topological polar surface area (TPSA) is 20.2 Å². The van der Waals surface area contributed by atoms with Gasteiger partial charge < -0.3 is 5.11 Å². The lowest BCUT2D eigenvalue weighted by atomic mass is 10.2. The molecule has 2 rings (SSSR count). The van der Waals surface area contributed by atoms with E-state index >= 15 is 0 Å². The van der Waals surface area contributed by atoms with E-state index in [1.165, 1.54) is 3.57 Å². The fourth-order valence-electron chi connectivity index (χ4n) is 1.20. The number of rotatable bonds is 1. The van der Waals surface area contributed by atoms with E-state index < -0.39 is 0 Å². The number of hydrogen-bond acceptors (Lipinski definition) is 2. The highest BCUT2D eigenvalue weighted by atomic mass is 127. The summed E-state index contributed by atoms with van der Waals surface area (Å²) in [4.78, 5) is 0.997. The summed E-state index contributed by atoms with van der Waals surface area (Å²) in [6.45, 7) is 0. The van der Waals surface area contributed by atoms with Crippen molar-refractivity contribution >= 4 is 59.9 Å². The number of thiophene rings is 1. The molecule has 0 atom stereocenters. The van der Waals surface area contributed by atoms with Gasteiger partial charge in [0.2, 0.25) is 0 Å². The van der Waals surface area contributed by atoms with Gasteiger partial charge in [-0.2, -0.15) is 0 Å². The average Bonchev–Trinajstić information content (AvgIpc) is 2.42. The second-order valence-corrected chi connectivity index (χ2v) is 5.59. The molecule has 0 saturated carbocycles. The van der Waals surface area contributed by atoms with Crippen molar-refractivity contribution in [3.8, 4) is 5.75 Å². The van der Waals surface area contributed by atoms with Crippen LogP contribution in [0.1, 0.15) is 4.88 Å². The molecule has 0 saturated heterocycles. The average molecular weight is 369 g/mol. The first kappa shape index (κ1) is 9.73. The first-order valence-electron chi connectivity index (χ1n) is 3.68. The summed E-state index contributed by atoms with van der Waals surface area (Å²) < 4.78 is 2.35. The van der Waals surface area contributed by atoms with Crippen LogP contribution >= 0.6 is 49.9 Å². The monoisotopic (exact) mass is 368 g/mol. The highest BCUT2D eigenvalue weighted by Crippen LogP contribution is 2.38. The fourth-order valence-corrected chi connectivity index (χ4v) is 3.50. The molecule has 0 aliphatic rings. The van der Waals surface area contributed by atoms with Crippen LogP contribution < -0.4 is 0 Å². The highest BCUT2D eigenvalue weighted by Gasteiger charge is 2.09. The zero-order chi connectivity index (χ0) is 9.42. The van der Waals surface area contributed by atoms with E-state index in [2.05, 4.69) is 44.6 Å². The van der Waals surface area contributed by atoms with Gasteiger partial charge in [0, 0.05) is 19.0 Å². The Morgan fingerprint density at radius 1 is 1.46 bits per heavy atom. The molecule has 1 N–H and O–H groups in total. The molecule has 13 heavy (non-hydrogen) atoms. The maximum atomic E-state index is 9.76. The number of benzene rings is 1. The van der Waals surface area contributed by atoms with E-state index in [1.807, 2.05) is 12.1 Å². The predicted octanol–water partition coefficient (Wildman–Crippen LogP) is 4.11. The van der Waals surface area contributed by atoms with E-state index in [0.717, 1.165) is 20.3 Å². The van der Waals surface area contributed by atoms with Gasteiger partial charge in [-0.05, 0) is 40.8 Å². The molecule has 68 valence electrons. The van der Waals surface area contributed by atoms with E-state index in [4.69, 9.17) is 0 Å². The zero-order valence-corrected chi connectivity index (χ0v) is 11.1. The first-order chi connectivity index (χ1) is 6.22. The van der Waals surface area contributed by atoms with Crippen LogP contribution in [0, 0.1) is 3.57 Å². The predicted molar refractivity (Wildman–Crippen MR) is 68.8 cm³/mol. The minimum Gasteiger partial charge on any atom is -0.506 e. The molecule has 0 aliphatic carbocycles. The van der Waals surface area contributed by atoms with Crippen molar-refractivity contribution in [1.29, 1.82) is 0 Å². The summed E-state index contributed by atoms with van der Waals surface area (Å²) in [5, 5.41) is 11.4. The second kappa shape index (κ2) is 3.74. The van der Waals surface area contributed by atoms with Gasteiger partial charge in [0.25, 0.3) is 0 Å². The van der Waals surface area contributed by atoms with Gasteiger partial charge in [0.05, 0.1) is 4.88 Å². The van der Waals surface area contributed by atoms with E-state index in [-0.39, 0.29) is 0 Å². The molecule has 4 heteroatoms. The van der Waals surface area contributed by atoms with Crippen LogP contribution in [0.3, 0.4) is 0 Å². The number of hydrogen-bond donors (Lipinski definition) is 1. The summed E-state index contributed by atoms with van der Waals surface area (Å²) in [6, 6.07) is 6.06. The summed E-state index contributed by atoms with van der Waals surface area (Å²) in [5.74, 6) is 0.424. The van der Waals surface area contributed by atoms with Crippen molar-refractivity contribution in [3.63, 3.8) is 0 Å². The lowest BCUT2D eigenvalue weighted by molar-refractivity contribution is 0.480. The molecule has 1 heterocycles. The largest absolute Gasteiger partial charge is 0.506 e. The molecule has 0 unspecified atom stereocenters. The molecular weight excluding hydrogens is 363 g/mol. The number of halogens is 2. The van der Waals surface area contributed by atoms with Crippen LogP contribution in [0.2, 0.25) is 0 Å². The maximum absolute atomic E-state index is 9.76. The molecule has 1 aromatic heterocycles. The number of fused-ring (bicyclic) bond motifs is 1. The molecule has 0 bridgehead atoms. The summed E-state index contributed by atoms with van der Waals surface area (Å²) in [7, 11) is 0. The van der Waals surface area contributed by atoms with Gasteiger partial charge in [0.15, 0.2) is 0 Å². The van der Waals surface area contributed by atoms with Gasteiger partial charge in [-0.3, -0.25) is 0 Å². The Labute approximate surface area is 102 Å². The van der Waals surface area contributed by atoms with Crippen molar-refractivity contribution in [3.05, 3.63) is 26.6 Å². The van der Waals surface area contributed by atoms with Crippen molar-refractivity contribution < 1.29 is 5.11 Å². The Kier molecular flexibility index (Phi) is 2.80. The van der Waals surface area contributed by atoms with Gasteiger partial charge in [-0.15, -0.1) is 11.3 Å². The summed E-state index contributed by atoms with van der Waals surface area (Å²) in [6.07, 6.45) is 0. The quantitative estimate of drug-likeness (QED) is 0.593. The minimum absolute atomic E-state index is 0.424. The van der Waals surface area contributed by atoms with Crippen LogP contribution in [-0.2, 0) is 5.33 Å². The van der Waals surface area contributed by atoms with E-state index in [9.17, 15) is 5.11 Å². The van der Waals surface area contributed by atoms with Gasteiger partial charge in [0.1, 0.15) is 5.75 Å². The molecule has 0 radical (unpaired) electrons. The Hall–Kier alpha value is 0.190. The zero-order valence-electron chi connectivity index (χ0n) is 6.55. The van der Waals surface area contributed by atoms with Crippen LogP contribution in [0.4, 0.5) is 0 Å². The summed E-state index contributed by atoms with van der Waals surface area (Å²) >= 11 is 7.26. The maximum Gasteiger partial charge on any atom is 0.138 e. The number of alkyl halides is 1. The first-order valence-corrected chi connectivity index (χ1v) is 6.70. The Morgan fingerprint density at radius 2 is 2.23 bits per heavy atom. The second-order valence-electron chi connectivity index (χ2n) is 2.65. The molecule has 1 aromatic carbocycles. The highest BCUT2D eigenvalue weighted by molar-refractivity contribution is 14.1. The fraction of sp³-hybridized carbons (Fsp3) is 0.111. The molecule has 0 spiro atoms. The van der Waals surface area contributed by atoms with Crippen molar-refractivity contribution in [2.45, 2.75) is 5.33 Å². The van der Waals surface area contributed by atoms with Gasteiger partial charge in [-0.25, -0.2) is 0 Å². The van der Waals surface area contributed by atoms with Gasteiger partial charge in [-0.1, -0.05) is 15.9 Å². The third-order valence-corrected chi connectivity index (χ3v) is 4.56. The van der Waals surface area contributed by atoms with Crippen molar-refractivity contribution in [2.75, 3.05) is 0 Å². The number of aromatic hydroxyl groups is 1. The molecule has 2 aromatic rings. The van der Waals surface area contributed by atoms with Gasteiger partial charge >= 0.3 is 0 Å². The standard InChI is InChI=1S/C9H6BrIOS/c10-4-8-9(12)6-2-1-5(11)3-7(6)13-8/h1-3,12H,4H2. The van der Waals surface area contributed by atoms with Crippen LogP contribution in [0.5, 0.6) is 5.75 Å². The third kappa shape index (κ3) is 1.71. The van der Waals surface area contributed by atoms with Crippen LogP contribution in [0.15, 0.2) is 18.2 Å². The molecule has 0 fully saturated rings. The molecule has 0 amide bonds. The van der Waals surface area contributed by atoms with Crippen LogP contribution in [0.25, 0.3) is 10.1 Å². The lowest BCUT2D eigenvalue weighted by Crippen LogP contribution is -1.69. The lowest BCUT2D eigenvalue weighted by Gasteiger charge is -1.91. The molecular formula is C9H6BrIOS. The van der Waals surface area contributed by atoms with E-state index in [1.54, 1.807) is 11.3 Å². The Morgan fingerprint density at radius 3 is 2.92 bits per heavy atom. The minimum atomic E-state index is 0.424. The molecule has 0 aliphatic heterocycles. The smallest absolute Gasteiger partial charge is 0.138 e.